The van der Waals surface area contributed by atoms with Crippen molar-refractivity contribution in [3.05, 3.63) is 41.3 Å². The lowest BCUT2D eigenvalue weighted by molar-refractivity contribution is 0.604. The van der Waals surface area contributed by atoms with E-state index >= 15 is 0 Å². The minimum atomic E-state index is -3.25. The van der Waals surface area contributed by atoms with E-state index in [1.807, 2.05) is 19.1 Å². The SMILES string of the molecule is Cc1ccc(S(=O)(=O)/C=C/CC(C)C)cc1. The molecule has 0 heterocycles. The van der Waals surface area contributed by atoms with Crippen molar-refractivity contribution >= 4 is 9.84 Å². The van der Waals surface area contributed by atoms with Crippen molar-refractivity contribution in [1.29, 1.82) is 0 Å². The van der Waals surface area contributed by atoms with Gasteiger partial charge in [-0.25, -0.2) is 8.42 Å². The third-order valence-electron chi connectivity index (χ3n) is 2.23. The smallest absolute Gasteiger partial charge is 0.199 e. The van der Waals surface area contributed by atoms with Gasteiger partial charge in [0.15, 0.2) is 9.84 Å². The van der Waals surface area contributed by atoms with Crippen molar-refractivity contribution in [1.82, 2.24) is 0 Å². The standard InChI is InChI=1S/C13H18O2S/c1-11(2)5-4-10-16(14,15)13-8-6-12(3)7-9-13/h4,6-11H,5H2,1-3H3/b10-4+. The van der Waals surface area contributed by atoms with Crippen molar-refractivity contribution in [2.45, 2.75) is 32.1 Å². The van der Waals surface area contributed by atoms with E-state index in [0.717, 1.165) is 12.0 Å². The van der Waals surface area contributed by atoms with Gasteiger partial charge in [-0.15, -0.1) is 0 Å². The molecule has 0 radical (unpaired) electrons. The minimum absolute atomic E-state index is 0.359. The van der Waals surface area contributed by atoms with Crippen LogP contribution in [0, 0.1) is 12.8 Å². The average Bonchev–Trinajstić information content (AvgIpc) is 2.17. The van der Waals surface area contributed by atoms with Crippen molar-refractivity contribution in [2.24, 2.45) is 5.92 Å². The molecule has 0 N–H and O–H groups in total. The van der Waals surface area contributed by atoms with Gasteiger partial charge in [0.25, 0.3) is 0 Å². The number of aryl methyl sites for hydroxylation is 1. The molecule has 16 heavy (non-hydrogen) atoms. The van der Waals surface area contributed by atoms with Gasteiger partial charge >= 0.3 is 0 Å². The Balaban J connectivity index is 2.86. The Hall–Kier alpha value is -1.09. The van der Waals surface area contributed by atoms with Crippen LogP contribution in [0.1, 0.15) is 25.8 Å². The normalized spacial score (nSPS) is 12.5. The highest BCUT2D eigenvalue weighted by Crippen LogP contribution is 2.14. The predicted octanol–water partition coefficient (Wildman–Crippen LogP) is 3.33. The molecule has 0 atom stereocenters. The molecule has 0 fully saturated rings. The van der Waals surface area contributed by atoms with Gasteiger partial charge < -0.3 is 0 Å². The number of benzene rings is 1. The molecule has 1 aromatic rings. The molecule has 0 amide bonds. The quantitative estimate of drug-likeness (QED) is 0.806. The molecule has 1 aromatic carbocycles. The molecule has 1 rings (SSSR count). The zero-order chi connectivity index (χ0) is 12.2. The first-order chi connectivity index (χ1) is 7.42. The van der Waals surface area contributed by atoms with Crippen molar-refractivity contribution in [3.8, 4) is 0 Å². The summed E-state index contributed by atoms with van der Waals surface area (Å²) in [6.45, 7) is 6.05. The van der Waals surface area contributed by atoms with E-state index in [1.54, 1.807) is 18.2 Å². The molecule has 0 aliphatic rings. The van der Waals surface area contributed by atoms with Crippen LogP contribution in [0.2, 0.25) is 0 Å². The molecule has 0 aromatic heterocycles. The molecule has 0 bridgehead atoms. The summed E-state index contributed by atoms with van der Waals surface area (Å²) < 4.78 is 23.7. The van der Waals surface area contributed by atoms with E-state index in [9.17, 15) is 8.42 Å². The summed E-state index contributed by atoms with van der Waals surface area (Å²) in [7, 11) is -3.25. The Morgan fingerprint density at radius 2 is 1.75 bits per heavy atom. The highest BCUT2D eigenvalue weighted by molar-refractivity contribution is 7.94. The predicted molar refractivity (Wildman–Crippen MR) is 67.0 cm³/mol. The van der Waals surface area contributed by atoms with Crippen molar-refractivity contribution < 1.29 is 8.42 Å². The average molecular weight is 238 g/mol. The van der Waals surface area contributed by atoms with Crippen LogP contribution in [0.5, 0.6) is 0 Å². The topological polar surface area (TPSA) is 34.1 Å². The maximum atomic E-state index is 11.8. The summed E-state index contributed by atoms with van der Waals surface area (Å²) in [5, 5.41) is 1.30. The molecule has 0 saturated heterocycles. The van der Waals surface area contributed by atoms with Gasteiger partial charge in [-0.05, 0) is 31.4 Å². The van der Waals surface area contributed by atoms with Gasteiger partial charge in [0.1, 0.15) is 0 Å². The van der Waals surface area contributed by atoms with Crippen LogP contribution >= 0.6 is 0 Å². The summed E-state index contributed by atoms with van der Waals surface area (Å²) in [6.07, 6.45) is 2.50. The molecule has 88 valence electrons. The van der Waals surface area contributed by atoms with Crippen LogP contribution in [0.4, 0.5) is 0 Å². The van der Waals surface area contributed by atoms with E-state index in [4.69, 9.17) is 0 Å². The number of hydrogen-bond acceptors (Lipinski definition) is 2. The third-order valence-corrected chi connectivity index (χ3v) is 3.71. The lowest BCUT2D eigenvalue weighted by atomic mass is 10.1. The van der Waals surface area contributed by atoms with Gasteiger partial charge in [0.05, 0.1) is 4.90 Å². The lowest BCUT2D eigenvalue weighted by Crippen LogP contribution is -1.96. The van der Waals surface area contributed by atoms with E-state index in [2.05, 4.69) is 13.8 Å². The van der Waals surface area contributed by atoms with Crippen LogP contribution in [0.3, 0.4) is 0 Å². The Bertz CT molecular complexity index is 453. The summed E-state index contributed by atoms with van der Waals surface area (Å²) in [6, 6.07) is 6.90. The number of sulfone groups is 1. The summed E-state index contributed by atoms with van der Waals surface area (Å²) in [4.78, 5) is 0.359. The van der Waals surface area contributed by atoms with Gasteiger partial charge in [-0.2, -0.15) is 0 Å². The first-order valence-electron chi connectivity index (χ1n) is 5.40. The second-order valence-corrected chi connectivity index (χ2v) is 6.19. The van der Waals surface area contributed by atoms with Gasteiger partial charge in [-0.3, -0.25) is 0 Å². The Morgan fingerprint density at radius 3 is 2.25 bits per heavy atom. The molecule has 0 aliphatic heterocycles. The van der Waals surface area contributed by atoms with E-state index in [1.165, 1.54) is 5.41 Å². The third kappa shape index (κ3) is 3.81. The fraction of sp³-hybridized carbons (Fsp3) is 0.385. The maximum absolute atomic E-state index is 11.8. The molecule has 0 saturated carbocycles. The molecular weight excluding hydrogens is 220 g/mol. The largest absolute Gasteiger partial charge is 0.219 e. The number of hydrogen-bond donors (Lipinski definition) is 0. The van der Waals surface area contributed by atoms with E-state index in [0.29, 0.717) is 10.8 Å². The lowest BCUT2D eigenvalue weighted by Gasteiger charge is -2.00. The maximum Gasteiger partial charge on any atom is 0.199 e. The fourth-order valence-electron chi connectivity index (χ4n) is 1.26. The highest BCUT2D eigenvalue weighted by Gasteiger charge is 2.08. The first-order valence-corrected chi connectivity index (χ1v) is 6.95. The molecule has 0 aliphatic carbocycles. The summed E-state index contributed by atoms with van der Waals surface area (Å²) >= 11 is 0. The van der Waals surface area contributed by atoms with Gasteiger partial charge in [-0.1, -0.05) is 37.6 Å². The Kier molecular flexibility index (Phi) is 4.30. The second kappa shape index (κ2) is 5.30. The molecule has 2 nitrogen and oxygen atoms in total. The van der Waals surface area contributed by atoms with Crippen molar-refractivity contribution in [3.63, 3.8) is 0 Å². The van der Waals surface area contributed by atoms with Crippen LogP contribution in [0.15, 0.2) is 40.6 Å². The second-order valence-electron chi connectivity index (χ2n) is 4.36. The monoisotopic (exact) mass is 238 g/mol. The van der Waals surface area contributed by atoms with E-state index in [-0.39, 0.29) is 0 Å². The minimum Gasteiger partial charge on any atom is -0.219 e. The van der Waals surface area contributed by atoms with Gasteiger partial charge in [0.2, 0.25) is 0 Å². The van der Waals surface area contributed by atoms with Crippen molar-refractivity contribution in [2.75, 3.05) is 0 Å². The van der Waals surface area contributed by atoms with E-state index < -0.39 is 9.84 Å². The Labute approximate surface area is 97.9 Å². The summed E-state index contributed by atoms with van der Waals surface area (Å²) in [5.74, 6) is 0.476. The number of allylic oxidation sites excluding steroid dienone is 1. The Morgan fingerprint density at radius 1 is 1.19 bits per heavy atom. The molecular formula is C13H18O2S. The zero-order valence-corrected chi connectivity index (χ0v) is 10.8. The van der Waals surface area contributed by atoms with Crippen LogP contribution in [0.25, 0.3) is 0 Å². The van der Waals surface area contributed by atoms with Crippen LogP contribution in [-0.2, 0) is 9.84 Å². The molecule has 3 heteroatoms. The molecule has 0 spiro atoms. The number of rotatable bonds is 4. The first kappa shape index (κ1) is 13.0. The molecule has 0 unspecified atom stereocenters. The van der Waals surface area contributed by atoms with Gasteiger partial charge in [0, 0.05) is 5.41 Å². The summed E-state index contributed by atoms with van der Waals surface area (Å²) in [5.41, 5.74) is 1.06. The van der Waals surface area contributed by atoms with Crippen LogP contribution in [-0.4, -0.2) is 8.42 Å². The highest BCUT2D eigenvalue weighted by atomic mass is 32.2. The zero-order valence-electron chi connectivity index (χ0n) is 9.97. The van der Waals surface area contributed by atoms with Crippen LogP contribution < -0.4 is 0 Å². The fourth-order valence-corrected chi connectivity index (χ4v) is 2.30.